The summed E-state index contributed by atoms with van der Waals surface area (Å²) in [5.74, 6) is 1.26. The van der Waals surface area contributed by atoms with Crippen LogP contribution in [0, 0.1) is 5.41 Å². The summed E-state index contributed by atoms with van der Waals surface area (Å²) in [6.45, 7) is 10.5. The number of hydrogen-bond donors (Lipinski definition) is 3. The van der Waals surface area contributed by atoms with Crippen molar-refractivity contribution in [3.63, 3.8) is 0 Å². The Bertz CT molecular complexity index is 1080. The summed E-state index contributed by atoms with van der Waals surface area (Å²) in [4.78, 5) is 13.7. The second-order valence-electron chi connectivity index (χ2n) is 9.37. The first-order valence-electron chi connectivity index (χ1n) is 10.5. The molecule has 0 aliphatic rings. The van der Waals surface area contributed by atoms with E-state index in [0.717, 1.165) is 11.3 Å². The van der Waals surface area contributed by atoms with E-state index in [2.05, 4.69) is 55.6 Å². The quantitative estimate of drug-likeness (QED) is 0.432. The normalized spacial score (nSPS) is 12.6. The number of nitrogens with zero attached hydrogens (tertiary/aromatic N) is 3. The van der Waals surface area contributed by atoms with E-state index >= 15 is 0 Å². The van der Waals surface area contributed by atoms with Crippen molar-refractivity contribution in [2.45, 2.75) is 46.6 Å². The highest BCUT2D eigenvalue weighted by Crippen LogP contribution is 2.39. The second-order valence-corrected chi connectivity index (χ2v) is 9.37. The molecule has 0 saturated carbocycles. The molecule has 1 amide bonds. The van der Waals surface area contributed by atoms with Crippen LogP contribution in [0.5, 0.6) is 5.75 Å². The van der Waals surface area contributed by atoms with E-state index in [1.165, 1.54) is 4.90 Å². The number of carbonyl (C=O) groups excluding carboxylic acids is 1. The molecule has 32 heavy (non-hydrogen) atoms. The third-order valence-electron chi connectivity index (χ3n) is 5.15. The minimum Gasteiger partial charge on any atom is -0.505 e. The number of furan rings is 1. The van der Waals surface area contributed by atoms with Gasteiger partial charge in [0.15, 0.2) is 5.75 Å². The topological polar surface area (TPSA) is 117 Å². The number of para-hydroxylation sites is 1. The summed E-state index contributed by atoms with van der Waals surface area (Å²) in [7, 11) is 3.24. The second kappa shape index (κ2) is 8.94. The van der Waals surface area contributed by atoms with Crippen molar-refractivity contribution in [3.05, 3.63) is 47.4 Å². The number of amides is 1. The average Bonchev–Trinajstić information content (AvgIpc) is 3.35. The van der Waals surface area contributed by atoms with Crippen LogP contribution in [0.15, 0.2) is 39.6 Å². The molecule has 0 fully saturated rings. The molecule has 1 atom stereocenters. The van der Waals surface area contributed by atoms with E-state index in [-0.39, 0.29) is 34.5 Å². The van der Waals surface area contributed by atoms with Gasteiger partial charge >= 0.3 is 0 Å². The van der Waals surface area contributed by atoms with Gasteiger partial charge in [-0.15, -0.1) is 0 Å². The standard InChI is InChI=1S/C23H31N5O4/c1-13(2)14-11-17(31-12-14)19(23(3,4)5)25-21-20(26-32-27-21)24-16-10-8-9-15(18(16)29)22(30)28(6)7/h8-13,19,29H,1-7H3,(H,24,26)(H,25,27)/t19-/m0/s1. The molecule has 3 rings (SSSR count). The molecular weight excluding hydrogens is 410 g/mol. The number of aromatic nitrogens is 2. The Balaban J connectivity index is 1.89. The zero-order chi connectivity index (χ0) is 23.6. The van der Waals surface area contributed by atoms with Crippen LogP contribution in [-0.2, 0) is 0 Å². The Morgan fingerprint density at radius 3 is 2.44 bits per heavy atom. The molecule has 0 spiro atoms. The van der Waals surface area contributed by atoms with Crippen LogP contribution >= 0.6 is 0 Å². The number of anilines is 3. The predicted octanol–water partition coefficient (Wildman–Crippen LogP) is 5.14. The van der Waals surface area contributed by atoms with Gasteiger partial charge in [-0.05, 0) is 45.4 Å². The third kappa shape index (κ3) is 4.87. The molecule has 9 heteroatoms. The highest BCUT2D eigenvalue weighted by atomic mass is 16.6. The van der Waals surface area contributed by atoms with Gasteiger partial charge < -0.3 is 25.1 Å². The number of phenols is 1. The molecule has 9 nitrogen and oxygen atoms in total. The highest BCUT2D eigenvalue weighted by Gasteiger charge is 2.31. The van der Waals surface area contributed by atoms with Gasteiger partial charge in [-0.2, -0.15) is 0 Å². The first-order valence-corrected chi connectivity index (χ1v) is 10.5. The number of aromatic hydroxyl groups is 1. The molecule has 2 aromatic heterocycles. The van der Waals surface area contributed by atoms with E-state index in [4.69, 9.17) is 9.05 Å². The lowest BCUT2D eigenvalue weighted by Crippen LogP contribution is -2.26. The van der Waals surface area contributed by atoms with Gasteiger partial charge in [0.05, 0.1) is 23.6 Å². The molecule has 0 aliphatic heterocycles. The molecule has 172 valence electrons. The van der Waals surface area contributed by atoms with Gasteiger partial charge in [0.2, 0.25) is 11.6 Å². The van der Waals surface area contributed by atoms with E-state index in [0.29, 0.717) is 17.4 Å². The van der Waals surface area contributed by atoms with E-state index < -0.39 is 0 Å². The van der Waals surface area contributed by atoms with Gasteiger partial charge in [0.1, 0.15) is 5.76 Å². The molecule has 0 radical (unpaired) electrons. The number of rotatable bonds is 7. The maximum Gasteiger partial charge on any atom is 0.257 e. The molecule has 0 unspecified atom stereocenters. The van der Waals surface area contributed by atoms with Gasteiger partial charge in [-0.25, -0.2) is 4.63 Å². The van der Waals surface area contributed by atoms with Crippen LogP contribution < -0.4 is 10.6 Å². The molecule has 0 bridgehead atoms. The van der Waals surface area contributed by atoms with Crippen LogP contribution in [0.2, 0.25) is 0 Å². The summed E-state index contributed by atoms with van der Waals surface area (Å²) in [5, 5.41) is 24.9. The number of carbonyl (C=O) groups is 1. The van der Waals surface area contributed by atoms with Crippen molar-refractivity contribution >= 4 is 23.2 Å². The first kappa shape index (κ1) is 23.2. The maximum atomic E-state index is 12.3. The fourth-order valence-electron chi connectivity index (χ4n) is 3.22. The Morgan fingerprint density at radius 2 is 1.84 bits per heavy atom. The molecule has 3 aromatic rings. The van der Waals surface area contributed by atoms with Crippen molar-refractivity contribution in [3.8, 4) is 5.75 Å². The number of hydrogen-bond acceptors (Lipinski definition) is 8. The van der Waals surface area contributed by atoms with Crippen LogP contribution in [0.4, 0.5) is 17.3 Å². The predicted molar refractivity (Wildman–Crippen MR) is 122 cm³/mol. The molecule has 3 N–H and O–H groups in total. The molecule has 0 aliphatic carbocycles. The van der Waals surface area contributed by atoms with Gasteiger partial charge in [-0.1, -0.05) is 40.7 Å². The van der Waals surface area contributed by atoms with Crippen LogP contribution in [-0.4, -0.2) is 40.3 Å². The van der Waals surface area contributed by atoms with Crippen molar-refractivity contribution in [2.24, 2.45) is 5.41 Å². The van der Waals surface area contributed by atoms with E-state index in [1.807, 2.05) is 6.07 Å². The van der Waals surface area contributed by atoms with Crippen molar-refractivity contribution in [1.82, 2.24) is 15.2 Å². The summed E-state index contributed by atoms with van der Waals surface area (Å²) < 4.78 is 10.8. The third-order valence-corrected chi connectivity index (χ3v) is 5.15. The Hall–Kier alpha value is -3.49. The number of nitrogens with one attached hydrogen (secondary N) is 2. The SMILES string of the molecule is CC(C)c1coc([C@H](Nc2nonc2Nc2cccc(C(=O)N(C)C)c2O)C(C)(C)C)c1. The van der Waals surface area contributed by atoms with E-state index in [1.54, 1.807) is 38.6 Å². The van der Waals surface area contributed by atoms with Crippen molar-refractivity contribution in [1.29, 1.82) is 0 Å². The summed E-state index contributed by atoms with van der Waals surface area (Å²) in [5.41, 5.74) is 1.38. The lowest BCUT2D eigenvalue weighted by Gasteiger charge is -2.29. The van der Waals surface area contributed by atoms with Gasteiger partial charge in [-0.3, -0.25) is 4.79 Å². The maximum absolute atomic E-state index is 12.3. The molecular formula is C23H31N5O4. The minimum atomic E-state index is -0.311. The zero-order valence-corrected chi connectivity index (χ0v) is 19.6. The molecule has 2 heterocycles. The Morgan fingerprint density at radius 1 is 1.16 bits per heavy atom. The fourth-order valence-corrected chi connectivity index (χ4v) is 3.22. The van der Waals surface area contributed by atoms with E-state index in [9.17, 15) is 9.90 Å². The number of phenolic OH excluding ortho intramolecular Hbond substituents is 1. The van der Waals surface area contributed by atoms with Crippen LogP contribution in [0.1, 0.15) is 68.3 Å². The van der Waals surface area contributed by atoms with Gasteiger partial charge in [0.25, 0.3) is 5.91 Å². The first-order chi connectivity index (χ1) is 15.0. The largest absolute Gasteiger partial charge is 0.505 e. The summed E-state index contributed by atoms with van der Waals surface area (Å²) in [6, 6.07) is 6.69. The highest BCUT2D eigenvalue weighted by molar-refractivity contribution is 5.98. The smallest absolute Gasteiger partial charge is 0.257 e. The fraction of sp³-hybridized carbons (Fsp3) is 0.435. The van der Waals surface area contributed by atoms with Crippen molar-refractivity contribution in [2.75, 3.05) is 24.7 Å². The Kier molecular flexibility index (Phi) is 6.47. The number of benzene rings is 1. The van der Waals surface area contributed by atoms with Crippen molar-refractivity contribution < 1.29 is 18.9 Å². The monoisotopic (exact) mass is 441 g/mol. The summed E-state index contributed by atoms with van der Waals surface area (Å²) in [6.07, 6.45) is 1.77. The molecule has 1 aromatic carbocycles. The van der Waals surface area contributed by atoms with Crippen LogP contribution in [0.3, 0.4) is 0 Å². The average molecular weight is 442 g/mol. The lowest BCUT2D eigenvalue weighted by molar-refractivity contribution is 0.0824. The molecule has 0 saturated heterocycles. The lowest BCUT2D eigenvalue weighted by atomic mass is 9.85. The minimum absolute atomic E-state index is 0.176. The van der Waals surface area contributed by atoms with Gasteiger partial charge in [0, 0.05) is 14.1 Å². The Labute approximate surface area is 187 Å². The van der Waals surface area contributed by atoms with Crippen LogP contribution in [0.25, 0.3) is 0 Å². The summed E-state index contributed by atoms with van der Waals surface area (Å²) >= 11 is 0. The zero-order valence-electron chi connectivity index (χ0n) is 19.6.